The number of carbonyl (C=O) groups excluding carboxylic acids is 2. The van der Waals surface area contributed by atoms with E-state index in [0.29, 0.717) is 54.5 Å². The van der Waals surface area contributed by atoms with Crippen LogP contribution >= 0.6 is 0 Å². The zero-order valence-corrected chi connectivity index (χ0v) is 24.9. The van der Waals surface area contributed by atoms with Crippen LogP contribution in [0.15, 0.2) is 97.7 Å². The smallest absolute Gasteiger partial charge is 0.419 e. The summed E-state index contributed by atoms with van der Waals surface area (Å²) in [7, 11) is 1.94. The Kier molecular flexibility index (Phi) is 9.77. The van der Waals surface area contributed by atoms with Gasteiger partial charge in [0.05, 0.1) is 12.3 Å². The van der Waals surface area contributed by atoms with Gasteiger partial charge in [-0.25, -0.2) is 9.97 Å². The van der Waals surface area contributed by atoms with E-state index in [9.17, 15) is 22.8 Å². The first-order chi connectivity index (χ1) is 22.1. The predicted molar refractivity (Wildman–Crippen MR) is 171 cm³/mol. The van der Waals surface area contributed by atoms with Crippen LogP contribution in [0.3, 0.4) is 0 Å². The quantitative estimate of drug-likeness (QED) is 0.164. The van der Waals surface area contributed by atoms with Crippen molar-refractivity contribution in [3.05, 3.63) is 114 Å². The van der Waals surface area contributed by atoms with Crippen LogP contribution in [0.2, 0.25) is 0 Å². The van der Waals surface area contributed by atoms with Gasteiger partial charge in [0.1, 0.15) is 11.3 Å². The number of aromatic nitrogens is 2. The summed E-state index contributed by atoms with van der Waals surface area (Å²) in [4.78, 5) is 35.3. The van der Waals surface area contributed by atoms with Crippen LogP contribution in [0.4, 0.5) is 36.2 Å². The number of amides is 2. The average Bonchev–Trinajstić information content (AvgIpc) is 3.02. The molecule has 2 heterocycles. The minimum atomic E-state index is -4.69. The Hall–Kier alpha value is -5.49. The van der Waals surface area contributed by atoms with Crippen LogP contribution in [-0.4, -0.2) is 46.9 Å². The van der Waals surface area contributed by atoms with Crippen LogP contribution in [0.25, 0.3) is 11.3 Å². The molecule has 0 aliphatic carbocycles. The lowest BCUT2D eigenvalue weighted by molar-refractivity contribution is -0.137. The van der Waals surface area contributed by atoms with Crippen LogP contribution in [0.1, 0.15) is 27.9 Å². The van der Waals surface area contributed by atoms with E-state index in [2.05, 4.69) is 37.4 Å². The maximum atomic E-state index is 14.0. The summed E-state index contributed by atoms with van der Waals surface area (Å²) >= 11 is 0. The van der Waals surface area contributed by atoms with Gasteiger partial charge in [0.2, 0.25) is 11.9 Å². The molecule has 2 amide bonds. The van der Waals surface area contributed by atoms with Crippen LogP contribution in [0, 0.1) is 0 Å². The second kappa shape index (κ2) is 14.1. The molecule has 1 aliphatic rings. The fraction of sp³-hybridized carbons (Fsp3) is 0.176. The fourth-order valence-electron chi connectivity index (χ4n) is 4.79. The lowest BCUT2D eigenvalue weighted by Gasteiger charge is -2.18. The molecule has 0 saturated heterocycles. The van der Waals surface area contributed by atoms with Gasteiger partial charge in [-0.1, -0.05) is 36.9 Å². The van der Waals surface area contributed by atoms with Crippen molar-refractivity contribution in [2.45, 2.75) is 19.1 Å². The molecule has 12 heteroatoms. The summed E-state index contributed by atoms with van der Waals surface area (Å²) in [5, 5.41) is 8.52. The van der Waals surface area contributed by atoms with Gasteiger partial charge in [-0.2, -0.15) is 13.2 Å². The fourth-order valence-corrected chi connectivity index (χ4v) is 4.79. The number of benzene rings is 3. The zero-order valence-electron chi connectivity index (χ0n) is 24.9. The third-order valence-electron chi connectivity index (χ3n) is 6.88. The number of fused-ring (bicyclic) bond motifs is 7. The minimum absolute atomic E-state index is 0.0631. The normalized spacial score (nSPS) is 14.4. The number of anilines is 4. The number of likely N-dealkylation sites (N-methyl/N-ethyl adjacent to an activating group) is 1. The highest BCUT2D eigenvalue weighted by molar-refractivity contribution is 6.06. The monoisotopic (exact) mass is 628 g/mol. The molecule has 0 saturated carbocycles. The summed E-state index contributed by atoms with van der Waals surface area (Å²) < 4.78 is 47.9. The van der Waals surface area contributed by atoms with E-state index in [4.69, 9.17) is 4.74 Å². The minimum Gasteiger partial charge on any atom is -0.493 e. The molecular weight excluding hydrogens is 597 g/mol. The zero-order chi connectivity index (χ0) is 32.7. The van der Waals surface area contributed by atoms with E-state index in [-0.39, 0.29) is 17.2 Å². The van der Waals surface area contributed by atoms with Crippen LogP contribution in [0.5, 0.6) is 5.75 Å². The van der Waals surface area contributed by atoms with Crippen molar-refractivity contribution in [2.24, 2.45) is 0 Å². The van der Waals surface area contributed by atoms with Crippen LogP contribution < -0.4 is 20.7 Å². The van der Waals surface area contributed by atoms with Crippen molar-refractivity contribution in [2.75, 3.05) is 36.1 Å². The highest BCUT2D eigenvalue weighted by Crippen LogP contribution is 2.37. The third-order valence-corrected chi connectivity index (χ3v) is 6.88. The Labute approximate surface area is 263 Å². The third kappa shape index (κ3) is 8.36. The molecule has 0 spiro atoms. The number of alkyl halides is 3. The maximum absolute atomic E-state index is 14.0. The molecule has 236 valence electrons. The topological polar surface area (TPSA) is 108 Å². The van der Waals surface area contributed by atoms with Gasteiger partial charge in [0.15, 0.2) is 0 Å². The lowest BCUT2D eigenvalue weighted by Crippen LogP contribution is -2.18. The number of hydrogen-bond donors (Lipinski definition) is 3. The number of nitrogens with zero attached hydrogens (tertiary/aromatic N) is 3. The first kappa shape index (κ1) is 31.9. The van der Waals surface area contributed by atoms with Gasteiger partial charge in [-0.05, 0) is 73.6 Å². The molecule has 0 atom stereocenters. The maximum Gasteiger partial charge on any atom is 0.419 e. The standard InChI is InChI=1S/C34H31F3N6O3/c1-3-30(44)39-25-11-7-10-24(17-25)32(45)40-26-15-22-16-27(19-26)41-33-38-20-29(34(35,36)37)31(42-33)23-9-8-12-28(18-23)46-14-6-4-5-13-43(2)21-22/h3-5,7-12,15-20H,1,6,13-14,21H2,2H3,(H,39,44)(H,40,45)(H,38,41,42)/b5-4+. The number of carbonyl (C=O) groups is 2. The molecule has 9 nitrogen and oxygen atoms in total. The molecule has 1 aromatic heterocycles. The number of ether oxygens (including phenoxy) is 1. The van der Waals surface area contributed by atoms with E-state index in [1.165, 1.54) is 18.2 Å². The summed E-state index contributed by atoms with van der Waals surface area (Å²) in [5.41, 5.74) is 1.36. The molecule has 5 rings (SSSR count). The molecule has 3 aromatic carbocycles. The lowest BCUT2D eigenvalue weighted by atomic mass is 10.1. The summed E-state index contributed by atoms with van der Waals surface area (Å²) in [6.07, 6.45) is 1.79. The van der Waals surface area contributed by atoms with Gasteiger partial charge in [-0.15, -0.1) is 0 Å². The molecule has 4 aromatic rings. The molecule has 0 radical (unpaired) electrons. The molecular formula is C34H31F3N6O3. The van der Waals surface area contributed by atoms with E-state index < -0.39 is 23.6 Å². The van der Waals surface area contributed by atoms with Gasteiger partial charge in [0, 0.05) is 47.5 Å². The molecule has 0 fully saturated rings. The van der Waals surface area contributed by atoms with Crippen LogP contribution in [-0.2, 0) is 17.5 Å². The largest absolute Gasteiger partial charge is 0.493 e. The number of halogens is 3. The number of hydrogen-bond acceptors (Lipinski definition) is 7. The van der Waals surface area contributed by atoms with E-state index in [0.717, 1.165) is 17.8 Å². The Morgan fingerprint density at radius 3 is 2.65 bits per heavy atom. The van der Waals surface area contributed by atoms with Gasteiger partial charge in [-0.3, -0.25) is 14.5 Å². The Morgan fingerprint density at radius 2 is 1.85 bits per heavy atom. The molecule has 1 aliphatic heterocycles. The summed E-state index contributed by atoms with van der Waals surface area (Å²) in [6, 6.07) is 18.0. The molecule has 46 heavy (non-hydrogen) atoms. The average molecular weight is 629 g/mol. The van der Waals surface area contributed by atoms with Crippen molar-refractivity contribution in [3.63, 3.8) is 0 Å². The molecule has 3 N–H and O–H groups in total. The SMILES string of the molecule is C=CC(=O)Nc1cccc(C(=O)Nc2cc3cc(c2)Nc2ncc(C(F)(F)F)c(n2)-c2cccc(c2)OCC/C=C/CN(C)C3)c1. The Bertz CT molecular complexity index is 1790. The first-order valence-electron chi connectivity index (χ1n) is 14.3. The van der Waals surface area contributed by atoms with Crippen molar-refractivity contribution in [1.29, 1.82) is 0 Å². The summed E-state index contributed by atoms with van der Waals surface area (Å²) in [5.74, 6) is -0.482. The van der Waals surface area contributed by atoms with Gasteiger partial charge < -0.3 is 20.7 Å². The predicted octanol–water partition coefficient (Wildman–Crippen LogP) is 7.05. The van der Waals surface area contributed by atoms with Crippen molar-refractivity contribution >= 4 is 34.8 Å². The number of rotatable bonds is 4. The second-order valence-corrected chi connectivity index (χ2v) is 10.6. The number of nitrogens with one attached hydrogen (secondary N) is 3. The van der Waals surface area contributed by atoms with Crippen molar-refractivity contribution in [1.82, 2.24) is 14.9 Å². The van der Waals surface area contributed by atoms with Crippen molar-refractivity contribution < 1.29 is 27.5 Å². The highest BCUT2D eigenvalue weighted by atomic mass is 19.4. The highest BCUT2D eigenvalue weighted by Gasteiger charge is 2.35. The Balaban J connectivity index is 1.52. The molecule has 0 unspecified atom stereocenters. The van der Waals surface area contributed by atoms with E-state index in [1.54, 1.807) is 36.4 Å². The van der Waals surface area contributed by atoms with E-state index >= 15 is 0 Å². The van der Waals surface area contributed by atoms with Gasteiger partial charge >= 0.3 is 6.18 Å². The first-order valence-corrected chi connectivity index (χ1v) is 14.3. The Morgan fingerprint density at radius 1 is 1.02 bits per heavy atom. The molecule has 6 bridgehead atoms. The van der Waals surface area contributed by atoms with Crippen molar-refractivity contribution in [3.8, 4) is 17.0 Å². The second-order valence-electron chi connectivity index (χ2n) is 10.6. The summed E-state index contributed by atoms with van der Waals surface area (Å²) in [6.45, 7) is 4.91. The van der Waals surface area contributed by atoms with E-state index in [1.807, 2.05) is 31.3 Å². The van der Waals surface area contributed by atoms with Gasteiger partial charge in [0.25, 0.3) is 5.91 Å².